The van der Waals surface area contributed by atoms with Crippen molar-refractivity contribution in [2.75, 3.05) is 5.32 Å². The van der Waals surface area contributed by atoms with Crippen LogP contribution in [-0.2, 0) is 6.18 Å². The fourth-order valence-electron chi connectivity index (χ4n) is 1.84. The number of rotatable bonds is 2. The van der Waals surface area contributed by atoms with Crippen LogP contribution < -0.4 is 5.32 Å². The molecule has 92 valence electrons. The van der Waals surface area contributed by atoms with E-state index in [0.29, 0.717) is 4.47 Å². The van der Waals surface area contributed by atoms with E-state index in [0.717, 1.165) is 18.9 Å². The maximum Gasteiger partial charge on any atom is 0.418 e. The summed E-state index contributed by atoms with van der Waals surface area (Å²) in [4.78, 5) is 0. The van der Waals surface area contributed by atoms with Gasteiger partial charge in [0.2, 0.25) is 0 Å². The van der Waals surface area contributed by atoms with Crippen LogP contribution >= 0.6 is 15.9 Å². The third-order valence-corrected chi connectivity index (χ3v) is 3.15. The summed E-state index contributed by atoms with van der Waals surface area (Å²) in [7, 11) is 0. The molecule has 0 aliphatic heterocycles. The fraction of sp³-hybridized carbons (Fsp3) is 0.333. The largest absolute Gasteiger partial charge is 0.418 e. The Morgan fingerprint density at radius 1 is 1.18 bits per heavy atom. The van der Waals surface area contributed by atoms with Crippen molar-refractivity contribution < 1.29 is 13.2 Å². The van der Waals surface area contributed by atoms with Gasteiger partial charge in [0.05, 0.1) is 5.56 Å². The highest BCUT2D eigenvalue weighted by Gasteiger charge is 2.33. The zero-order chi connectivity index (χ0) is 12.5. The molecule has 2 rings (SSSR count). The Kier molecular flexibility index (Phi) is 3.47. The summed E-state index contributed by atoms with van der Waals surface area (Å²) in [5, 5.41) is 2.94. The van der Waals surface area contributed by atoms with E-state index in [1.165, 1.54) is 12.1 Å². The van der Waals surface area contributed by atoms with Gasteiger partial charge in [0.1, 0.15) is 0 Å². The lowest BCUT2D eigenvalue weighted by Crippen LogP contribution is -2.18. The van der Waals surface area contributed by atoms with Gasteiger partial charge in [-0.1, -0.05) is 28.1 Å². The predicted octanol–water partition coefficient (Wildman–Crippen LogP) is 4.60. The number of benzene rings is 1. The molecule has 5 heteroatoms. The summed E-state index contributed by atoms with van der Waals surface area (Å²) in [6.45, 7) is 0. The highest BCUT2D eigenvalue weighted by atomic mass is 79.9. The van der Waals surface area contributed by atoms with Crippen molar-refractivity contribution in [2.45, 2.75) is 25.1 Å². The summed E-state index contributed by atoms with van der Waals surface area (Å²) >= 11 is 3.19. The molecule has 1 aromatic carbocycles. The van der Waals surface area contributed by atoms with Crippen LogP contribution in [0.3, 0.4) is 0 Å². The number of anilines is 1. The molecule has 0 fully saturated rings. The minimum atomic E-state index is -4.32. The zero-order valence-corrected chi connectivity index (χ0v) is 10.5. The highest BCUT2D eigenvalue weighted by molar-refractivity contribution is 9.10. The molecular formula is C12H11BrF3N. The average molecular weight is 306 g/mol. The van der Waals surface area contributed by atoms with Crippen molar-refractivity contribution in [1.82, 2.24) is 0 Å². The molecule has 1 aromatic rings. The van der Waals surface area contributed by atoms with Gasteiger partial charge in [-0.25, -0.2) is 0 Å². The first-order valence-electron chi connectivity index (χ1n) is 5.25. The summed E-state index contributed by atoms with van der Waals surface area (Å²) < 4.78 is 39.0. The standard InChI is InChI=1S/C12H11BrF3N/c13-8-5-6-10(12(14,15)16)11(7-8)17-9-3-1-2-4-9/h1-2,5-7,9,17H,3-4H2. The van der Waals surface area contributed by atoms with Gasteiger partial charge >= 0.3 is 6.18 Å². The summed E-state index contributed by atoms with van der Waals surface area (Å²) in [5.41, 5.74) is -0.479. The SMILES string of the molecule is FC(F)(F)c1ccc(Br)cc1NC1CC=CC1. The first kappa shape index (κ1) is 12.5. The lowest BCUT2D eigenvalue weighted by atomic mass is 10.1. The molecule has 1 N–H and O–H groups in total. The quantitative estimate of drug-likeness (QED) is 0.788. The van der Waals surface area contributed by atoms with E-state index in [9.17, 15) is 13.2 Å². The zero-order valence-electron chi connectivity index (χ0n) is 8.89. The maximum atomic E-state index is 12.8. The lowest BCUT2D eigenvalue weighted by molar-refractivity contribution is -0.137. The molecule has 1 nitrogen and oxygen atoms in total. The van der Waals surface area contributed by atoms with Gasteiger partial charge in [-0.15, -0.1) is 0 Å². The molecule has 0 aromatic heterocycles. The Labute approximate surface area is 106 Å². The van der Waals surface area contributed by atoms with Gasteiger partial charge in [-0.3, -0.25) is 0 Å². The Bertz CT molecular complexity index is 432. The van der Waals surface area contributed by atoms with Gasteiger partial charge < -0.3 is 5.32 Å². The van der Waals surface area contributed by atoms with E-state index < -0.39 is 11.7 Å². The van der Waals surface area contributed by atoms with Crippen molar-refractivity contribution in [3.63, 3.8) is 0 Å². The minimum Gasteiger partial charge on any atom is -0.381 e. The van der Waals surface area contributed by atoms with Gasteiger partial charge in [0.25, 0.3) is 0 Å². The van der Waals surface area contributed by atoms with Crippen LogP contribution in [-0.4, -0.2) is 6.04 Å². The van der Waals surface area contributed by atoms with E-state index in [2.05, 4.69) is 21.2 Å². The van der Waals surface area contributed by atoms with Crippen molar-refractivity contribution in [1.29, 1.82) is 0 Å². The number of nitrogens with one attached hydrogen (secondary N) is 1. The summed E-state index contributed by atoms with van der Waals surface area (Å²) in [6.07, 6.45) is 1.16. The second-order valence-electron chi connectivity index (χ2n) is 3.97. The highest BCUT2D eigenvalue weighted by Crippen LogP contribution is 2.37. The molecule has 0 saturated carbocycles. The summed E-state index contributed by atoms with van der Waals surface area (Å²) in [6, 6.07) is 4.03. The van der Waals surface area contributed by atoms with E-state index in [1.807, 2.05) is 12.2 Å². The maximum absolute atomic E-state index is 12.8. The first-order chi connectivity index (χ1) is 7.97. The van der Waals surface area contributed by atoms with Crippen molar-refractivity contribution in [3.8, 4) is 0 Å². The van der Waals surface area contributed by atoms with Crippen LogP contribution in [0, 0.1) is 0 Å². The molecule has 17 heavy (non-hydrogen) atoms. The molecule has 0 bridgehead atoms. The average Bonchev–Trinajstić information content (AvgIpc) is 2.68. The number of hydrogen-bond donors (Lipinski definition) is 1. The molecule has 0 radical (unpaired) electrons. The minimum absolute atomic E-state index is 0.0606. The van der Waals surface area contributed by atoms with E-state index >= 15 is 0 Å². The smallest absolute Gasteiger partial charge is 0.381 e. The molecule has 1 aliphatic rings. The van der Waals surface area contributed by atoms with Crippen LogP contribution in [0.25, 0.3) is 0 Å². The van der Waals surface area contributed by atoms with Crippen molar-refractivity contribution in [3.05, 3.63) is 40.4 Å². The molecule has 0 unspecified atom stereocenters. The Balaban J connectivity index is 2.27. The van der Waals surface area contributed by atoms with Gasteiger partial charge in [0, 0.05) is 16.2 Å². The normalized spacial score (nSPS) is 16.5. The topological polar surface area (TPSA) is 12.0 Å². The number of halogens is 4. The van der Waals surface area contributed by atoms with Crippen molar-refractivity contribution >= 4 is 21.6 Å². The number of alkyl halides is 3. The third-order valence-electron chi connectivity index (χ3n) is 2.65. The molecule has 1 aliphatic carbocycles. The Morgan fingerprint density at radius 2 is 1.82 bits per heavy atom. The fourth-order valence-corrected chi connectivity index (χ4v) is 2.20. The van der Waals surface area contributed by atoms with Crippen LogP contribution in [0.15, 0.2) is 34.8 Å². The second-order valence-corrected chi connectivity index (χ2v) is 4.89. The first-order valence-corrected chi connectivity index (χ1v) is 6.04. The van der Waals surface area contributed by atoms with E-state index in [-0.39, 0.29) is 11.7 Å². The molecule has 0 atom stereocenters. The van der Waals surface area contributed by atoms with E-state index in [1.54, 1.807) is 0 Å². The van der Waals surface area contributed by atoms with Gasteiger partial charge in [-0.05, 0) is 31.0 Å². The van der Waals surface area contributed by atoms with E-state index in [4.69, 9.17) is 0 Å². The van der Waals surface area contributed by atoms with Crippen LogP contribution in [0.4, 0.5) is 18.9 Å². The molecule has 0 spiro atoms. The summed E-state index contributed by atoms with van der Waals surface area (Å²) in [5.74, 6) is 0. The lowest BCUT2D eigenvalue weighted by Gasteiger charge is -2.19. The predicted molar refractivity (Wildman–Crippen MR) is 64.9 cm³/mol. The monoisotopic (exact) mass is 305 g/mol. The molecular weight excluding hydrogens is 295 g/mol. The van der Waals surface area contributed by atoms with Gasteiger partial charge in [-0.2, -0.15) is 13.2 Å². The molecule has 0 saturated heterocycles. The third kappa shape index (κ3) is 3.03. The molecule has 0 amide bonds. The van der Waals surface area contributed by atoms with Crippen LogP contribution in [0.5, 0.6) is 0 Å². The number of hydrogen-bond acceptors (Lipinski definition) is 1. The Morgan fingerprint density at radius 3 is 2.41 bits per heavy atom. The Hall–Kier alpha value is -0.970. The second kappa shape index (κ2) is 4.72. The van der Waals surface area contributed by atoms with Crippen LogP contribution in [0.1, 0.15) is 18.4 Å². The van der Waals surface area contributed by atoms with Crippen LogP contribution in [0.2, 0.25) is 0 Å². The van der Waals surface area contributed by atoms with Crippen molar-refractivity contribution in [2.24, 2.45) is 0 Å². The van der Waals surface area contributed by atoms with Gasteiger partial charge in [0.15, 0.2) is 0 Å². The molecule has 0 heterocycles.